The Hall–Kier alpha value is -1.49. The number of halogens is 2. The molecule has 1 unspecified atom stereocenters. The van der Waals surface area contributed by atoms with Gasteiger partial charge in [-0.15, -0.1) is 0 Å². The van der Waals surface area contributed by atoms with E-state index in [9.17, 15) is 13.6 Å². The Bertz CT molecular complexity index is 438. The lowest BCUT2D eigenvalue weighted by Crippen LogP contribution is -2.24. The van der Waals surface area contributed by atoms with E-state index in [0.29, 0.717) is 18.9 Å². The molecule has 0 fully saturated rings. The zero-order chi connectivity index (χ0) is 15.0. The van der Waals surface area contributed by atoms with E-state index in [2.05, 4.69) is 12.2 Å². The molecule has 0 aromatic heterocycles. The minimum atomic E-state index is -0.639. The fourth-order valence-electron chi connectivity index (χ4n) is 2.07. The molecule has 0 spiro atoms. The van der Waals surface area contributed by atoms with Crippen LogP contribution in [0.2, 0.25) is 0 Å². The number of nitrogens with one attached hydrogen (secondary N) is 1. The van der Waals surface area contributed by atoms with Crippen molar-refractivity contribution in [3.63, 3.8) is 0 Å². The molecule has 0 aliphatic heterocycles. The van der Waals surface area contributed by atoms with Crippen molar-refractivity contribution < 1.29 is 13.6 Å². The molecule has 0 aliphatic rings. The normalized spacial score (nSPS) is 12.2. The molecule has 0 radical (unpaired) electrons. The van der Waals surface area contributed by atoms with E-state index >= 15 is 0 Å². The monoisotopic (exact) mass is 284 g/mol. The van der Waals surface area contributed by atoms with Crippen LogP contribution < -0.4 is 11.1 Å². The second-order valence-electron chi connectivity index (χ2n) is 4.90. The van der Waals surface area contributed by atoms with Gasteiger partial charge in [-0.2, -0.15) is 0 Å². The summed E-state index contributed by atoms with van der Waals surface area (Å²) >= 11 is 0. The second kappa shape index (κ2) is 8.64. The number of nitrogens with two attached hydrogens (primary N) is 1. The minimum absolute atomic E-state index is 0.0820. The van der Waals surface area contributed by atoms with Gasteiger partial charge in [0.05, 0.1) is 0 Å². The van der Waals surface area contributed by atoms with Crippen LogP contribution in [0.25, 0.3) is 0 Å². The van der Waals surface area contributed by atoms with Crippen molar-refractivity contribution in [2.75, 3.05) is 6.54 Å². The SMILES string of the molecule is CCC(CCN)CCC(=O)NCc1ccc(F)cc1F. The van der Waals surface area contributed by atoms with Crippen LogP contribution in [-0.4, -0.2) is 12.5 Å². The van der Waals surface area contributed by atoms with Gasteiger partial charge in [0.1, 0.15) is 11.6 Å². The Labute approximate surface area is 118 Å². The molecule has 1 amide bonds. The first-order valence-corrected chi connectivity index (χ1v) is 6.97. The number of amides is 1. The predicted molar refractivity (Wildman–Crippen MR) is 74.9 cm³/mol. The van der Waals surface area contributed by atoms with Crippen molar-refractivity contribution in [1.82, 2.24) is 5.32 Å². The molecular weight excluding hydrogens is 262 g/mol. The van der Waals surface area contributed by atoms with Crippen LogP contribution in [0.4, 0.5) is 8.78 Å². The largest absolute Gasteiger partial charge is 0.352 e. The topological polar surface area (TPSA) is 55.1 Å². The predicted octanol–water partition coefficient (Wildman–Crippen LogP) is 2.74. The van der Waals surface area contributed by atoms with Gasteiger partial charge in [0, 0.05) is 24.6 Å². The van der Waals surface area contributed by atoms with Gasteiger partial charge in [-0.25, -0.2) is 8.78 Å². The summed E-state index contributed by atoms with van der Waals surface area (Å²) in [4.78, 5) is 11.7. The maximum absolute atomic E-state index is 13.4. The summed E-state index contributed by atoms with van der Waals surface area (Å²) in [7, 11) is 0. The average molecular weight is 284 g/mol. The molecule has 0 aliphatic carbocycles. The van der Waals surface area contributed by atoms with Gasteiger partial charge in [0.2, 0.25) is 5.91 Å². The van der Waals surface area contributed by atoms with Crippen LogP contribution in [0.1, 0.15) is 38.2 Å². The van der Waals surface area contributed by atoms with Crippen molar-refractivity contribution in [3.05, 3.63) is 35.4 Å². The maximum atomic E-state index is 13.4. The number of benzene rings is 1. The Morgan fingerprint density at radius 1 is 1.35 bits per heavy atom. The highest BCUT2D eigenvalue weighted by Gasteiger charge is 2.10. The summed E-state index contributed by atoms with van der Waals surface area (Å²) in [5.41, 5.74) is 5.79. The first-order chi connectivity index (χ1) is 9.56. The molecule has 3 N–H and O–H groups in total. The summed E-state index contributed by atoms with van der Waals surface area (Å²) in [6.45, 7) is 2.78. The Balaban J connectivity index is 2.36. The molecular formula is C15H22F2N2O. The van der Waals surface area contributed by atoms with E-state index in [1.165, 1.54) is 12.1 Å². The summed E-state index contributed by atoms with van der Waals surface area (Å²) in [6.07, 6.45) is 3.10. The van der Waals surface area contributed by atoms with Gasteiger partial charge in [0.15, 0.2) is 0 Å². The standard InChI is InChI=1S/C15H22F2N2O/c1-2-11(7-8-18)3-6-15(20)19-10-12-4-5-13(16)9-14(12)17/h4-5,9,11H,2-3,6-8,10,18H2,1H3,(H,19,20). The van der Waals surface area contributed by atoms with Crippen molar-refractivity contribution in [3.8, 4) is 0 Å². The highest BCUT2D eigenvalue weighted by molar-refractivity contribution is 5.75. The van der Waals surface area contributed by atoms with Gasteiger partial charge in [-0.1, -0.05) is 19.4 Å². The molecule has 112 valence electrons. The van der Waals surface area contributed by atoms with E-state index in [1.807, 2.05) is 0 Å². The van der Waals surface area contributed by atoms with Crippen LogP contribution in [-0.2, 0) is 11.3 Å². The Morgan fingerprint density at radius 3 is 2.70 bits per heavy atom. The van der Waals surface area contributed by atoms with E-state index in [1.54, 1.807) is 0 Å². The third kappa shape index (κ3) is 5.65. The molecule has 0 bridgehead atoms. The molecule has 1 atom stereocenters. The zero-order valence-electron chi connectivity index (χ0n) is 11.8. The van der Waals surface area contributed by atoms with Crippen LogP contribution in [0, 0.1) is 17.6 Å². The summed E-state index contributed by atoms with van der Waals surface area (Å²) in [5, 5.41) is 2.65. The Kier molecular flexibility index (Phi) is 7.15. The van der Waals surface area contributed by atoms with Gasteiger partial charge < -0.3 is 11.1 Å². The lowest BCUT2D eigenvalue weighted by molar-refractivity contribution is -0.121. The molecule has 0 saturated heterocycles. The van der Waals surface area contributed by atoms with Crippen molar-refractivity contribution >= 4 is 5.91 Å². The minimum Gasteiger partial charge on any atom is -0.352 e. The van der Waals surface area contributed by atoms with E-state index in [0.717, 1.165) is 25.3 Å². The molecule has 1 aromatic rings. The summed E-state index contributed by atoms with van der Waals surface area (Å²) < 4.78 is 26.1. The molecule has 0 saturated carbocycles. The molecule has 1 aromatic carbocycles. The van der Waals surface area contributed by atoms with Gasteiger partial charge >= 0.3 is 0 Å². The fraction of sp³-hybridized carbons (Fsp3) is 0.533. The van der Waals surface area contributed by atoms with E-state index in [-0.39, 0.29) is 18.0 Å². The number of carbonyl (C=O) groups excluding carboxylic acids is 1. The molecule has 0 heterocycles. The van der Waals surface area contributed by atoms with Gasteiger partial charge in [0.25, 0.3) is 0 Å². The quantitative estimate of drug-likeness (QED) is 0.771. The third-order valence-electron chi connectivity index (χ3n) is 3.42. The smallest absolute Gasteiger partial charge is 0.220 e. The first kappa shape index (κ1) is 16.6. The number of rotatable bonds is 8. The molecule has 1 rings (SSSR count). The fourth-order valence-corrected chi connectivity index (χ4v) is 2.07. The van der Waals surface area contributed by atoms with Gasteiger partial charge in [-0.05, 0) is 31.4 Å². The molecule has 20 heavy (non-hydrogen) atoms. The highest BCUT2D eigenvalue weighted by atomic mass is 19.1. The second-order valence-corrected chi connectivity index (χ2v) is 4.90. The maximum Gasteiger partial charge on any atom is 0.220 e. The zero-order valence-corrected chi connectivity index (χ0v) is 11.8. The summed E-state index contributed by atoms with van der Waals surface area (Å²) in [5.74, 6) is -0.928. The summed E-state index contributed by atoms with van der Waals surface area (Å²) in [6, 6.07) is 3.34. The number of carbonyl (C=O) groups is 1. The van der Waals surface area contributed by atoms with Crippen LogP contribution in [0.15, 0.2) is 18.2 Å². The van der Waals surface area contributed by atoms with Crippen LogP contribution >= 0.6 is 0 Å². The molecule has 5 heteroatoms. The van der Waals surface area contributed by atoms with E-state index < -0.39 is 11.6 Å². The highest BCUT2D eigenvalue weighted by Crippen LogP contribution is 2.14. The average Bonchev–Trinajstić information content (AvgIpc) is 2.42. The lowest BCUT2D eigenvalue weighted by atomic mass is 9.96. The van der Waals surface area contributed by atoms with Gasteiger partial charge in [-0.3, -0.25) is 4.79 Å². The van der Waals surface area contributed by atoms with Crippen LogP contribution in [0.5, 0.6) is 0 Å². The third-order valence-corrected chi connectivity index (χ3v) is 3.42. The van der Waals surface area contributed by atoms with Crippen molar-refractivity contribution in [2.45, 2.75) is 39.2 Å². The van der Waals surface area contributed by atoms with Crippen molar-refractivity contribution in [2.24, 2.45) is 11.7 Å². The Morgan fingerprint density at radius 2 is 2.10 bits per heavy atom. The van der Waals surface area contributed by atoms with Crippen LogP contribution in [0.3, 0.4) is 0 Å². The number of hydrogen-bond donors (Lipinski definition) is 2. The van der Waals surface area contributed by atoms with E-state index in [4.69, 9.17) is 5.73 Å². The number of hydrogen-bond acceptors (Lipinski definition) is 2. The first-order valence-electron chi connectivity index (χ1n) is 6.97. The van der Waals surface area contributed by atoms with Crippen molar-refractivity contribution in [1.29, 1.82) is 0 Å². The molecule has 3 nitrogen and oxygen atoms in total. The lowest BCUT2D eigenvalue weighted by Gasteiger charge is -2.13.